The Balaban J connectivity index is 0.950. The van der Waals surface area contributed by atoms with Gasteiger partial charge in [0.1, 0.15) is 25.4 Å². The normalized spacial score (nSPS) is 16.4. The Morgan fingerprint density at radius 2 is 0.745 bits per heavy atom. The van der Waals surface area contributed by atoms with Crippen molar-refractivity contribution in [2.75, 3.05) is 26.4 Å². The Bertz CT molecular complexity index is 1890. The van der Waals surface area contributed by atoms with E-state index in [9.17, 15) is 19.2 Å². The van der Waals surface area contributed by atoms with Crippen LogP contribution in [0.2, 0.25) is 0 Å². The Morgan fingerprint density at radius 3 is 1.00 bits per heavy atom. The maximum absolute atomic E-state index is 13.0. The summed E-state index contributed by atoms with van der Waals surface area (Å²) in [6, 6.07) is 27.8. The lowest BCUT2D eigenvalue weighted by Gasteiger charge is -2.34. The zero-order chi connectivity index (χ0) is 39.0. The third kappa shape index (κ3) is 12.1. The topological polar surface area (TPSA) is 139 Å². The van der Waals surface area contributed by atoms with E-state index in [4.69, 9.17) is 33.2 Å². The molecule has 2 heterocycles. The van der Waals surface area contributed by atoms with Crippen LogP contribution in [-0.4, -0.2) is 74.1 Å². The van der Waals surface area contributed by atoms with Crippen molar-refractivity contribution in [2.24, 2.45) is 0 Å². The summed E-state index contributed by atoms with van der Waals surface area (Å²) < 4.78 is 37.8. The summed E-state index contributed by atoms with van der Waals surface area (Å²) in [5.74, 6) is -4.88. The molecule has 2 fully saturated rings. The largest absolute Gasteiger partial charge is 0.459 e. The van der Waals surface area contributed by atoms with Crippen LogP contribution in [0.3, 0.4) is 0 Å². The van der Waals surface area contributed by atoms with E-state index >= 15 is 0 Å². The van der Waals surface area contributed by atoms with Gasteiger partial charge in [-0.3, -0.25) is 4.74 Å². The van der Waals surface area contributed by atoms with Crippen LogP contribution in [0.25, 0.3) is 24.3 Å². The van der Waals surface area contributed by atoms with Gasteiger partial charge in [0.15, 0.2) is 0 Å². The van der Waals surface area contributed by atoms with E-state index < -0.39 is 23.5 Å². The van der Waals surface area contributed by atoms with Crippen molar-refractivity contribution in [3.8, 4) is 0 Å². The fourth-order valence-corrected chi connectivity index (χ4v) is 5.34. The van der Waals surface area contributed by atoms with Crippen LogP contribution < -0.4 is 0 Å². The molecule has 4 aromatic carbocycles. The van der Waals surface area contributed by atoms with Gasteiger partial charge in [-0.05, 0) is 70.8 Å². The number of ether oxygens (including phenoxy) is 7. The molecule has 6 rings (SSSR count). The predicted molar refractivity (Wildman–Crippen MR) is 204 cm³/mol. The Kier molecular flexibility index (Phi) is 12.1. The van der Waals surface area contributed by atoms with Crippen LogP contribution in [-0.2, 0) is 33.2 Å². The lowest BCUT2D eigenvalue weighted by molar-refractivity contribution is -0.299. The van der Waals surface area contributed by atoms with Crippen molar-refractivity contribution in [1.82, 2.24) is 0 Å². The molecule has 2 aliphatic rings. The highest BCUT2D eigenvalue weighted by Crippen LogP contribution is 2.26. The summed E-state index contributed by atoms with van der Waals surface area (Å²) >= 11 is 0. The molecule has 0 amide bonds. The third-order valence-electron chi connectivity index (χ3n) is 8.30. The number of esters is 4. The molecule has 0 radical (unpaired) electrons. The smallest absolute Gasteiger partial charge is 0.340 e. The van der Waals surface area contributed by atoms with Gasteiger partial charge in [-0.25, -0.2) is 19.2 Å². The van der Waals surface area contributed by atoms with Gasteiger partial charge in [0, 0.05) is 27.7 Å². The van der Waals surface area contributed by atoms with E-state index in [0.29, 0.717) is 35.5 Å². The predicted octanol–water partition coefficient (Wildman–Crippen LogP) is 7.64. The van der Waals surface area contributed by atoms with Crippen molar-refractivity contribution in [1.29, 1.82) is 0 Å². The van der Waals surface area contributed by atoms with Crippen molar-refractivity contribution >= 4 is 48.2 Å². The second-order valence-corrected chi connectivity index (χ2v) is 13.9. The quantitative estimate of drug-likeness (QED) is 0.0367. The number of epoxide rings is 2. The molecule has 0 aliphatic carbocycles. The fraction of sp³-hybridized carbons (Fsp3) is 0.273. The zero-order valence-electron chi connectivity index (χ0n) is 31.0. The molecular weight excluding hydrogens is 704 g/mol. The minimum atomic E-state index is -1.44. The Morgan fingerprint density at radius 1 is 0.491 bits per heavy atom. The number of hydrogen-bond donors (Lipinski definition) is 0. The van der Waals surface area contributed by atoms with E-state index in [-0.39, 0.29) is 37.4 Å². The van der Waals surface area contributed by atoms with Gasteiger partial charge in [0.25, 0.3) is 0 Å². The lowest BCUT2D eigenvalue weighted by atomic mass is 10.1. The van der Waals surface area contributed by atoms with E-state index in [1.807, 2.05) is 48.6 Å². The summed E-state index contributed by atoms with van der Waals surface area (Å²) in [6.07, 6.45) is 7.59. The first-order chi connectivity index (χ1) is 26.3. The number of benzene rings is 4. The van der Waals surface area contributed by atoms with Crippen LogP contribution >= 0.6 is 0 Å². The molecule has 0 aromatic heterocycles. The van der Waals surface area contributed by atoms with Crippen molar-refractivity contribution < 1.29 is 52.3 Å². The molecule has 55 heavy (non-hydrogen) atoms. The second-order valence-electron chi connectivity index (χ2n) is 13.9. The fourth-order valence-electron chi connectivity index (χ4n) is 5.34. The second kappa shape index (κ2) is 17.1. The lowest BCUT2D eigenvalue weighted by Crippen LogP contribution is -2.43. The average Bonchev–Trinajstić information content (AvgIpc) is 4.11. The highest BCUT2D eigenvalue weighted by atomic mass is 16.8. The molecule has 11 nitrogen and oxygen atoms in total. The van der Waals surface area contributed by atoms with Gasteiger partial charge in [-0.15, -0.1) is 0 Å². The number of hydrogen-bond acceptors (Lipinski definition) is 11. The van der Waals surface area contributed by atoms with E-state index in [1.54, 1.807) is 100 Å². The molecule has 0 N–H and O–H groups in total. The van der Waals surface area contributed by atoms with E-state index in [0.717, 1.165) is 22.3 Å². The Hall–Kier alpha value is -5.88. The van der Waals surface area contributed by atoms with E-state index in [1.165, 1.54) is 0 Å². The monoisotopic (exact) mass is 746 g/mol. The molecule has 2 aliphatic heterocycles. The van der Waals surface area contributed by atoms with Crippen LogP contribution in [0.1, 0.15) is 91.4 Å². The molecule has 284 valence electrons. The first-order valence-corrected chi connectivity index (χ1v) is 17.8. The molecule has 0 spiro atoms. The molecule has 4 aromatic rings. The van der Waals surface area contributed by atoms with Gasteiger partial charge >= 0.3 is 23.9 Å². The molecule has 0 saturated carbocycles. The average molecular weight is 747 g/mol. The summed E-state index contributed by atoms with van der Waals surface area (Å²) in [7, 11) is 0. The van der Waals surface area contributed by atoms with E-state index in [2.05, 4.69) is 0 Å². The summed E-state index contributed by atoms with van der Waals surface area (Å²) in [5, 5.41) is 0. The summed E-state index contributed by atoms with van der Waals surface area (Å²) in [5.41, 5.74) is 5.03. The molecule has 2 atom stereocenters. The Labute approximate surface area is 319 Å². The first-order valence-electron chi connectivity index (χ1n) is 17.8. The number of carbonyl (C=O) groups excluding carboxylic acids is 4. The highest BCUT2D eigenvalue weighted by Gasteiger charge is 2.36. The van der Waals surface area contributed by atoms with Crippen molar-refractivity contribution in [3.63, 3.8) is 0 Å². The highest BCUT2D eigenvalue weighted by molar-refractivity contribution is 5.92. The van der Waals surface area contributed by atoms with Crippen LogP contribution in [0, 0.1) is 0 Å². The standard InChI is InChI=1S/C44H42O11/c1-43(2,53-41(47)35-21-13-31(14-22-35)7-5-29-9-17-33(18-10-29)39(45)51-27-37-25-49-37)55-44(3,4)54-42(48)36-23-15-32(16-24-36)8-6-30-11-19-34(20-12-30)40(46)52-28-38-26-50-38/h5-24,37-38H,25-28H2,1-4H3/b7-5+,8-6+. The molecule has 11 heteroatoms. The van der Waals surface area contributed by atoms with Gasteiger partial charge in [-0.1, -0.05) is 72.8 Å². The van der Waals surface area contributed by atoms with Crippen molar-refractivity contribution in [3.05, 3.63) is 142 Å². The minimum absolute atomic E-state index is 0.0160. The first kappa shape index (κ1) is 38.8. The van der Waals surface area contributed by atoms with Crippen LogP contribution in [0.5, 0.6) is 0 Å². The van der Waals surface area contributed by atoms with Gasteiger partial charge in [-0.2, -0.15) is 0 Å². The van der Waals surface area contributed by atoms with Crippen LogP contribution in [0.4, 0.5) is 0 Å². The van der Waals surface area contributed by atoms with Gasteiger partial charge in [0.05, 0.1) is 35.5 Å². The van der Waals surface area contributed by atoms with Crippen LogP contribution in [0.15, 0.2) is 97.1 Å². The van der Waals surface area contributed by atoms with Crippen molar-refractivity contribution in [2.45, 2.75) is 51.5 Å². The third-order valence-corrected chi connectivity index (χ3v) is 8.30. The molecule has 2 saturated heterocycles. The molecule has 2 unspecified atom stereocenters. The number of rotatable bonds is 16. The SMILES string of the molecule is CC(C)(OC(=O)c1ccc(/C=C/c2ccc(C(=O)OCC3CO3)cc2)cc1)OC(C)(C)OC(=O)c1ccc(/C=C/c2ccc(C(=O)OCC3CO3)cc2)cc1. The maximum atomic E-state index is 13.0. The zero-order valence-corrected chi connectivity index (χ0v) is 31.0. The molecule has 0 bridgehead atoms. The number of carbonyl (C=O) groups is 4. The summed E-state index contributed by atoms with van der Waals surface area (Å²) in [6.45, 7) is 8.03. The summed E-state index contributed by atoms with van der Waals surface area (Å²) in [4.78, 5) is 50.3. The molecular formula is C44H42O11. The van der Waals surface area contributed by atoms with Gasteiger partial charge in [0.2, 0.25) is 11.6 Å². The van der Waals surface area contributed by atoms with Gasteiger partial charge < -0.3 is 28.4 Å². The maximum Gasteiger partial charge on any atom is 0.340 e. The minimum Gasteiger partial charge on any atom is -0.459 e.